The number of hydrogen-bond acceptors (Lipinski definition) is 2. The summed E-state index contributed by atoms with van der Waals surface area (Å²) in [5.74, 6) is -0.0706. The first-order valence-corrected chi connectivity index (χ1v) is 8.74. The molecule has 3 aromatic carbocycles. The van der Waals surface area contributed by atoms with Crippen LogP contribution in [0.4, 0.5) is 0 Å². The highest BCUT2D eigenvalue weighted by Gasteiger charge is 2.16. The number of carbonyl (C=O) groups excluding carboxylic acids is 1. The molecule has 3 nitrogen and oxygen atoms in total. The molecule has 0 aliphatic rings. The quantitative estimate of drug-likeness (QED) is 0.682. The van der Waals surface area contributed by atoms with Crippen LogP contribution in [0.1, 0.15) is 33.1 Å². The van der Waals surface area contributed by atoms with Crippen LogP contribution >= 0.6 is 0 Å². The highest BCUT2D eigenvalue weighted by atomic mass is 16.5. The van der Waals surface area contributed by atoms with E-state index in [4.69, 9.17) is 4.74 Å². The maximum Gasteiger partial charge on any atom is 0.251 e. The van der Waals surface area contributed by atoms with Crippen molar-refractivity contribution in [3.8, 4) is 0 Å². The molecular formula is C23H23NO2. The van der Waals surface area contributed by atoms with E-state index in [1.54, 1.807) is 7.11 Å². The summed E-state index contributed by atoms with van der Waals surface area (Å²) in [5.41, 5.74) is 3.99. The van der Waals surface area contributed by atoms with Gasteiger partial charge in [0.15, 0.2) is 0 Å². The third-order valence-electron chi connectivity index (χ3n) is 4.32. The maximum absolute atomic E-state index is 12.7. The molecule has 0 fully saturated rings. The lowest BCUT2D eigenvalue weighted by atomic mass is 9.98. The molecule has 0 saturated heterocycles. The molecule has 3 heteroatoms. The molecule has 0 bridgehead atoms. The zero-order valence-corrected chi connectivity index (χ0v) is 14.9. The lowest BCUT2D eigenvalue weighted by molar-refractivity contribution is 0.0936. The van der Waals surface area contributed by atoms with Crippen molar-refractivity contribution >= 4 is 5.91 Å². The summed E-state index contributed by atoms with van der Waals surface area (Å²) in [4.78, 5) is 12.7. The van der Waals surface area contributed by atoms with Gasteiger partial charge in [-0.2, -0.15) is 0 Å². The molecule has 1 unspecified atom stereocenters. The fourth-order valence-electron chi connectivity index (χ4n) is 2.95. The molecule has 1 atom stereocenters. The first-order valence-electron chi connectivity index (χ1n) is 8.74. The summed E-state index contributed by atoms with van der Waals surface area (Å²) in [6.07, 6.45) is 0.748. The topological polar surface area (TPSA) is 38.3 Å². The molecule has 0 saturated carbocycles. The van der Waals surface area contributed by atoms with E-state index < -0.39 is 0 Å². The van der Waals surface area contributed by atoms with Crippen molar-refractivity contribution in [1.29, 1.82) is 0 Å². The molecule has 3 rings (SSSR count). The van der Waals surface area contributed by atoms with Crippen molar-refractivity contribution in [2.75, 3.05) is 7.11 Å². The fraction of sp³-hybridized carbons (Fsp3) is 0.174. The number of ether oxygens (including phenoxy) is 1. The van der Waals surface area contributed by atoms with Crippen LogP contribution in [-0.2, 0) is 17.8 Å². The number of hydrogen-bond donors (Lipinski definition) is 1. The van der Waals surface area contributed by atoms with Gasteiger partial charge in [0.25, 0.3) is 5.91 Å². The van der Waals surface area contributed by atoms with Gasteiger partial charge >= 0.3 is 0 Å². The number of rotatable bonds is 7. The van der Waals surface area contributed by atoms with E-state index >= 15 is 0 Å². The van der Waals surface area contributed by atoms with Crippen molar-refractivity contribution in [3.05, 3.63) is 107 Å². The maximum atomic E-state index is 12.7. The number of carbonyl (C=O) groups is 1. The highest BCUT2D eigenvalue weighted by molar-refractivity contribution is 5.94. The average Bonchev–Trinajstić information content (AvgIpc) is 2.70. The van der Waals surface area contributed by atoms with Crippen LogP contribution in [0, 0.1) is 0 Å². The highest BCUT2D eigenvalue weighted by Crippen LogP contribution is 2.19. The molecule has 0 aliphatic heterocycles. The third-order valence-corrected chi connectivity index (χ3v) is 4.32. The van der Waals surface area contributed by atoms with E-state index in [0.29, 0.717) is 12.2 Å². The minimum absolute atomic E-state index is 0.0706. The molecule has 0 spiro atoms. The van der Waals surface area contributed by atoms with Gasteiger partial charge in [-0.25, -0.2) is 0 Å². The zero-order valence-electron chi connectivity index (χ0n) is 14.9. The van der Waals surface area contributed by atoms with Crippen molar-refractivity contribution in [1.82, 2.24) is 5.32 Å². The molecule has 0 aromatic heterocycles. The van der Waals surface area contributed by atoms with Gasteiger partial charge in [0.2, 0.25) is 0 Å². The van der Waals surface area contributed by atoms with E-state index in [-0.39, 0.29) is 11.9 Å². The normalized spacial score (nSPS) is 11.7. The Kier molecular flexibility index (Phi) is 6.18. The Hall–Kier alpha value is -2.91. The second-order valence-electron chi connectivity index (χ2n) is 6.26. The first-order chi connectivity index (χ1) is 12.8. The second kappa shape index (κ2) is 8.97. The Morgan fingerprint density at radius 1 is 0.846 bits per heavy atom. The predicted octanol–water partition coefficient (Wildman–Crippen LogP) is 4.55. The van der Waals surface area contributed by atoms with E-state index in [2.05, 4.69) is 29.6 Å². The second-order valence-corrected chi connectivity index (χ2v) is 6.26. The lowest BCUT2D eigenvalue weighted by Gasteiger charge is -2.20. The zero-order chi connectivity index (χ0) is 18.2. The van der Waals surface area contributed by atoms with Crippen LogP contribution in [0.15, 0.2) is 84.9 Å². The number of nitrogens with one attached hydrogen (secondary N) is 1. The van der Waals surface area contributed by atoms with E-state index in [0.717, 1.165) is 17.5 Å². The van der Waals surface area contributed by atoms with Crippen molar-refractivity contribution < 1.29 is 9.53 Å². The van der Waals surface area contributed by atoms with Crippen LogP contribution in [0.2, 0.25) is 0 Å². The molecule has 1 amide bonds. The summed E-state index contributed by atoms with van der Waals surface area (Å²) in [5, 5.41) is 3.18. The van der Waals surface area contributed by atoms with E-state index in [1.165, 1.54) is 5.56 Å². The number of benzene rings is 3. The van der Waals surface area contributed by atoms with Crippen LogP contribution < -0.4 is 5.32 Å². The molecule has 0 heterocycles. The van der Waals surface area contributed by atoms with E-state index in [9.17, 15) is 4.79 Å². The smallest absolute Gasteiger partial charge is 0.251 e. The van der Waals surface area contributed by atoms with Crippen LogP contribution in [0.5, 0.6) is 0 Å². The standard InChI is InChI=1S/C23H23NO2/c1-26-17-19-12-14-21(15-13-19)23(25)24-22(20-10-6-3-7-11-20)16-18-8-4-2-5-9-18/h2-15,22H,16-17H2,1H3,(H,24,25). The van der Waals surface area contributed by atoms with Gasteiger partial charge < -0.3 is 10.1 Å². The fourth-order valence-corrected chi connectivity index (χ4v) is 2.95. The molecule has 0 aliphatic carbocycles. The molecule has 26 heavy (non-hydrogen) atoms. The minimum Gasteiger partial charge on any atom is -0.380 e. The molecule has 132 valence electrons. The van der Waals surface area contributed by atoms with E-state index in [1.807, 2.05) is 60.7 Å². The summed E-state index contributed by atoms with van der Waals surface area (Å²) < 4.78 is 5.12. The summed E-state index contributed by atoms with van der Waals surface area (Å²) >= 11 is 0. The third kappa shape index (κ3) is 4.80. The monoisotopic (exact) mass is 345 g/mol. The van der Waals surface area contributed by atoms with Crippen molar-refractivity contribution in [2.45, 2.75) is 19.1 Å². The SMILES string of the molecule is COCc1ccc(C(=O)NC(Cc2ccccc2)c2ccccc2)cc1. The number of methoxy groups -OCH3 is 1. The minimum atomic E-state index is -0.0789. The molecular weight excluding hydrogens is 322 g/mol. The number of amides is 1. The van der Waals surface area contributed by atoms with Gasteiger partial charge in [-0.15, -0.1) is 0 Å². The average molecular weight is 345 g/mol. The van der Waals surface area contributed by atoms with Gasteiger partial charge in [-0.3, -0.25) is 4.79 Å². The van der Waals surface area contributed by atoms with Crippen molar-refractivity contribution in [2.24, 2.45) is 0 Å². The van der Waals surface area contributed by atoms with Gasteiger partial charge in [0.05, 0.1) is 12.6 Å². The van der Waals surface area contributed by atoms with Gasteiger partial charge in [0.1, 0.15) is 0 Å². The van der Waals surface area contributed by atoms with Crippen LogP contribution in [-0.4, -0.2) is 13.0 Å². The molecule has 1 N–H and O–H groups in total. The Balaban J connectivity index is 1.77. The summed E-state index contributed by atoms with van der Waals surface area (Å²) in [7, 11) is 1.66. The summed E-state index contributed by atoms with van der Waals surface area (Å²) in [6.45, 7) is 0.544. The Bertz CT molecular complexity index is 814. The predicted molar refractivity (Wildman–Crippen MR) is 104 cm³/mol. The lowest BCUT2D eigenvalue weighted by Crippen LogP contribution is -2.30. The van der Waals surface area contributed by atoms with Gasteiger partial charge in [-0.05, 0) is 35.2 Å². The molecule has 3 aromatic rings. The van der Waals surface area contributed by atoms with Gasteiger partial charge in [-0.1, -0.05) is 72.8 Å². The molecule has 0 radical (unpaired) electrons. The summed E-state index contributed by atoms with van der Waals surface area (Å²) in [6, 6.07) is 27.8. The largest absolute Gasteiger partial charge is 0.380 e. The van der Waals surface area contributed by atoms with Crippen LogP contribution in [0.25, 0.3) is 0 Å². The Morgan fingerprint density at radius 3 is 2.08 bits per heavy atom. The van der Waals surface area contributed by atoms with Crippen molar-refractivity contribution in [3.63, 3.8) is 0 Å². The van der Waals surface area contributed by atoms with Gasteiger partial charge in [0, 0.05) is 12.7 Å². The Labute approximate surface area is 154 Å². The Morgan fingerprint density at radius 2 is 1.46 bits per heavy atom. The van der Waals surface area contributed by atoms with Crippen LogP contribution in [0.3, 0.4) is 0 Å². The first kappa shape index (κ1) is 17.9.